The zero-order chi connectivity index (χ0) is 13.5. The van der Waals surface area contributed by atoms with E-state index in [1.807, 2.05) is 0 Å². The fourth-order valence-electron chi connectivity index (χ4n) is 2.36. The summed E-state index contributed by atoms with van der Waals surface area (Å²) in [5, 5.41) is 11.8. The van der Waals surface area contributed by atoms with Gasteiger partial charge in [0.05, 0.1) is 11.8 Å². The Morgan fingerprint density at radius 1 is 1.28 bits per heavy atom. The Hall–Kier alpha value is -0.910. The number of nitrogens with one attached hydrogen (secondary N) is 1. The fraction of sp³-hybridized carbons (Fsp3) is 0.833. The van der Waals surface area contributed by atoms with Gasteiger partial charge >= 0.3 is 5.97 Å². The van der Waals surface area contributed by atoms with E-state index < -0.39 is 28.6 Å². The van der Waals surface area contributed by atoms with Crippen molar-refractivity contribution in [3.63, 3.8) is 0 Å². The molecule has 0 aliphatic heterocycles. The molecule has 0 aromatic heterocycles. The van der Waals surface area contributed by atoms with E-state index in [2.05, 4.69) is 5.32 Å². The number of aliphatic carboxylic acids is 1. The van der Waals surface area contributed by atoms with Gasteiger partial charge in [-0.3, -0.25) is 13.8 Å². The predicted octanol–water partition coefficient (Wildman–Crippen LogP) is 0.762. The molecule has 5 nitrogen and oxygen atoms in total. The molecule has 1 fully saturated rings. The van der Waals surface area contributed by atoms with E-state index in [0.29, 0.717) is 31.6 Å². The van der Waals surface area contributed by atoms with Crippen LogP contribution in [0, 0.1) is 11.8 Å². The number of hydrogen-bond donors (Lipinski definition) is 2. The van der Waals surface area contributed by atoms with Gasteiger partial charge in [0.25, 0.3) is 0 Å². The van der Waals surface area contributed by atoms with Gasteiger partial charge < -0.3 is 10.4 Å². The first-order chi connectivity index (χ1) is 8.52. The Morgan fingerprint density at radius 2 is 1.89 bits per heavy atom. The Balaban J connectivity index is 2.38. The third-order valence-electron chi connectivity index (χ3n) is 3.33. The van der Waals surface area contributed by atoms with Crippen LogP contribution in [0.4, 0.5) is 0 Å². The molecule has 1 saturated carbocycles. The number of carboxylic acids is 1. The van der Waals surface area contributed by atoms with Crippen molar-refractivity contribution in [2.45, 2.75) is 32.1 Å². The summed E-state index contributed by atoms with van der Waals surface area (Å²) < 4.78 is 10.9. The van der Waals surface area contributed by atoms with E-state index in [-0.39, 0.29) is 5.91 Å². The first-order valence-electron chi connectivity index (χ1n) is 6.33. The first-order valence-corrected chi connectivity index (χ1v) is 8.05. The largest absolute Gasteiger partial charge is 0.481 e. The number of rotatable bonds is 6. The molecule has 3 unspecified atom stereocenters. The molecule has 18 heavy (non-hydrogen) atoms. The lowest BCUT2D eigenvalue weighted by Gasteiger charge is -2.27. The average Bonchev–Trinajstić information content (AvgIpc) is 2.34. The second-order valence-corrected chi connectivity index (χ2v) is 6.31. The van der Waals surface area contributed by atoms with E-state index in [1.54, 1.807) is 6.26 Å². The maximum absolute atomic E-state index is 11.9. The maximum Gasteiger partial charge on any atom is 0.307 e. The molecule has 0 saturated heterocycles. The SMILES string of the molecule is CS(=O)CCCNC(=O)C1CCCCC1C(=O)O. The molecule has 6 heteroatoms. The summed E-state index contributed by atoms with van der Waals surface area (Å²) in [5.41, 5.74) is 0. The monoisotopic (exact) mass is 275 g/mol. The minimum Gasteiger partial charge on any atom is -0.481 e. The average molecular weight is 275 g/mol. The number of amides is 1. The highest BCUT2D eigenvalue weighted by Crippen LogP contribution is 2.30. The Morgan fingerprint density at radius 3 is 2.44 bits per heavy atom. The maximum atomic E-state index is 11.9. The Bertz CT molecular complexity index is 332. The molecule has 0 heterocycles. The van der Waals surface area contributed by atoms with Crippen molar-refractivity contribution < 1.29 is 18.9 Å². The number of carboxylic acid groups (broad SMARTS) is 1. The van der Waals surface area contributed by atoms with Gasteiger partial charge in [0.2, 0.25) is 5.91 Å². The summed E-state index contributed by atoms with van der Waals surface area (Å²) in [7, 11) is -0.845. The predicted molar refractivity (Wildman–Crippen MR) is 69.6 cm³/mol. The van der Waals surface area contributed by atoms with E-state index in [0.717, 1.165) is 12.8 Å². The van der Waals surface area contributed by atoms with Crippen LogP contribution in [0.3, 0.4) is 0 Å². The number of carbonyl (C=O) groups excluding carboxylic acids is 1. The normalized spacial score (nSPS) is 25.4. The fourth-order valence-corrected chi connectivity index (χ4v) is 2.91. The molecular formula is C12H21NO4S. The van der Waals surface area contributed by atoms with Crippen molar-refractivity contribution >= 4 is 22.7 Å². The van der Waals surface area contributed by atoms with Crippen LogP contribution in [0.1, 0.15) is 32.1 Å². The molecule has 0 aromatic carbocycles. The lowest BCUT2D eigenvalue weighted by atomic mass is 9.79. The molecule has 2 N–H and O–H groups in total. The van der Waals surface area contributed by atoms with Gasteiger partial charge in [0.15, 0.2) is 0 Å². The van der Waals surface area contributed by atoms with Crippen LogP contribution in [0.25, 0.3) is 0 Å². The second-order valence-electron chi connectivity index (χ2n) is 4.76. The highest BCUT2D eigenvalue weighted by atomic mass is 32.2. The van der Waals surface area contributed by atoms with Crippen molar-refractivity contribution in [3.8, 4) is 0 Å². The van der Waals surface area contributed by atoms with Crippen LogP contribution in [0.2, 0.25) is 0 Å². The van der Waals surface area contributed by atoms with Crippen LogP contribution in [-0.2, 0) is 20.4 Å². The van der Waals surface area contributed by atoms with Gasteiger partial charge in [0.1, 0.15) is 0 Å². The van der Waals surface area contributed by atoms with Crippen molar-refractivity contribution in [1.82, 2.24) is 5.32 Å². The zero-order valence-corrected chi connectivity index (χ0v) is 11.5. The highest BCUT2D eigenvalue weighted by Gasteiger charge is 2.35. The van der Waals surface area contributed by atoms with Gasteiger partial charge in [-0.05, 0) is 19.3 Å². The first kappa shape index (κ1) is 15.1. The summed E-state index contributed by atoms with van der Waals surface area (Å²) in [5.74, 6) is -1.41. The van der Waals surface area contributed by atoms with Gasteiger partial charge in [-0.15, -0.1) is 0 Å². The van der Waals surface area contributed by atoms with E-state index in [1.165, 1.54) is 0 Å². The number of carbonyl (C=O) groups is 2. The lowest BCUT2D eigenvalue weighted by molar-refractivity contribution is -0.148. The molecule has 0 bridgehead atoms. The van der Waals surface area contributed by atoms with Crippen LogP contribution in [-0.4, -0.2) is 39.7 Å². The summed E-state index contributed by atoms with van der Waals surface area (Å²) in [6.45, 7) is 0.473. The third-order valence-corrected chi connectivity index (χ3v) is 4.19. The quantitative estimate of drug-likeness (QED) is 0.701. The molecule has 0 radical (unpaired) electrons. The molecule has 0 spiro atoms. The molecule has 104 valence electrons. The van der Waals surface area contributed by atoms with Crippen molar-refractivity contribution in [2.24, 2.45) is 11.8 Å². The van der Waals surface area contributed by atoms with E-state index >= 15 is 0 Å². The van der Waals surface area contributed by atoms with Gasteiger partial charge in [-0.25, -0.2) is 0 Å². The van der Waals surface area contributed by atoms with Crippen LogP contribution >= 0.6 is 0 Å². The molecule has 3 atom stereocenters. The van der Waals surface area contributed by atoms with E-state index in [4.69, 9.17) is 5.11 Å². The molecule has 1 rings (SSSR count). The summed E-state index contributed by atoms with van der Waals surface area (Å²) in [6.07, 6.45) is 5.34. The van der Waals surface area contributed by atoms with Crippen molar-refractivity contribution in [2.75, 3.05) is 18.6 Å². The highest BCUT2D eigenvalue weighted by molar-refractivity contribution is 7.84. The smallest absolute Gasteiger partial charge is 0.307 e. The molecular weight excluding hydrogens is 254 g/mol. The molecule has 0 aromatic rings. The standard InChI is InChI=1S/C12H21NO4S/c1-18(17)8-4-7-13-11(14)9-5-2-3-6-10(9)12(15)16/h9-10H,2-8H2,1H3,(H,13,14)(H,15,16). The lowest BCUT2D eigenvalue weighted by Crippen LogP contribution is -2.40. The summed E-state index contributed by atoms with van der Waals surface area (Å²) in [4.78, 5) is 23.0. The van der Waals surface area contributed by atoms with Crippen molar-refractivity contribution in [1.29, 1.82) is 0 Å². The minimum atomic E-state index is -0.871. The topological polar surface area (TPSA) is 83.5 Å². The van der Waals surface area contributed by atoms with Crippen LogP contribution in [0.15, 0.2) is 0 Å². The molecule has 1 aliphatic carbocycles. The zero-order valence-electron chi connectivity index (χ0n) is 10.7. The minimum absolute atomic E-state index is 0.163. The molecule has 1 amide bonds. The summed E-state index contributed by atoms with van der Waals surface area (Å²) in [6, 6.07) is 0. The Labute approximate surface area is 110 Å². The van der Waals surface area contributed by atoms with Crippen molar-refractivity contribution in [3.05, 3.63) is 0 Å². The third kappa shape index (κ3) is 4.76. The second kappa shape index (κ2) is 7.51. The van der Waals surface area contributed by atoms with E-state index in [9.17, 15) is 13.8 Å². The number of hydrogen-bond acceptors (Lipinski definition) is 3. The van der Waals surface area contributed by atoms with Gasteiger partial charge in [0, 0.05) is 29.4 Å². The molecule has 1 aliphatic rings. The van der Waals surface area contributed by atoms with Crippen LogP contribution in [0.5, 0.6) is 0 Å². The summed E-state index contributed by atoms with van der Waals surface area (Å²) >= 11 is 0. The van der Waals surface area contributed by atoms with Gasteiger partial charge in [-0.1, -0.05) is 12.8 Å². The van der Waals surface area contributed by atoms with Gasteiger partial charge in [-0.2, -0.15) is 0 Å². The van der Waals surface area contributed by atoms with Crippen LogP contribution < -0.4 is 5.32 Å². The Kier molecular flexibility index (Phi) is 6.32.